The fraction of sp³-hybridized carbons (Fsp3) is 1.00. The van der Waals surface area contributed by atoms with Crippen molar-refractivity contribution >= 4 is 8.38 Å². The summed E-state index contributed by atoms with van der Waals surface area (Å²) in [5.41, 5.74) is 0. The summed E-state index contributed by atoms with van der Waals surface area (Å²) in [5.74, 6) is 0. The molecule has 0 heterocycles. The van der Waals surface area contributed by atoms with E-state index in [1.54, 1.807) is 6.92 Å². The minimum Gasteiger partial charge on any atom is -0.808 e. The van der Waals surface area contributed by atoms with E-state index >= 15 is 0 Å². The summed E-state index contributed by atoms with van der Waals surface area (Å²) in [7, 11) is -1.49. The molecule has 0 radical (unpaired) electrons. The van der Waals surface area contributed by atoms with E-state index in [0.717, 1.165) is 0 Å². The van der Waals surface area contributed by atoms with Gasteiger partial charge in [0.15, 0.2) is 0 Å². The molecule has 0 aromatic rings. The highest BCUT2D eigenvalue weighted by Crippen LogP contribution is 2.23. The lowest BCUT2D eigenvalue weighted by Gasteiger charge is -2.19. The van der Waals surface area contributed by atoms with E-state index in [1.165, 1.54) is 0 Å². The monoisotopic (exact) mass is 137 g/mol. The molecular formula is C4H10O3P-. The average Bonchev–Trinajstić information content (AvgIpc) is 1.83. The Morgan fingerprint density at radius 2 is 2.38 bits per heavy atom. The van der Waals surface area contributed by atoms with E-state index in [1.807, 2.05) is 0 Å². The molecule has 1 atom stereocenters. The highest BCUT2D eigenvalue weighted by atomic mass is 31.2. The predicted molar refractivity (Wildman–Crippen MR) is 30.5 cm³/mol. The van der Waals surface area contributed by atoms with Crippen LogP contribution in [-0.4, -0.2) is 24.5 Å². The Labute approximate surface area is 50.2 Å². The van der Waals surface area contributed by atoms with Crippen molar-refractivity contribution in [3.05, 3.63) is 0 Å². The van der Waals surface area contributed by atoms with E-state index in [9.17, 15) is 4.89 Å². The highest BCUT2D eigenvalue weighted by molar-refractivity contribution is 7.44. The molecule has 0 fully saturated rings. The minimum atomic E-state index is -1.49. The van der Waals surface area contributed by atoms with Gasteiger partial charge in [0.1, 0.15) is 0 Å². The van der Waals surface area contributed by atoms with E-state index in [4.69, 9.17) is 5.11 Å². The summed E-state index contributed by atoms with van der Waals surface area (Å²) in [5, 5.41) is 8.16. The third-order valence-electron chi connectivity index (χ3n) is 0.585. The highest BCUT2D eigenvalue weighted by Gasteiger charge is 1.86. The zero-order valence-corrected chi connectivity index (χ0v) is 5.73. The summed E-state index contributed by atoms with van der Waals surface area (Å²) >= 11 is 0. The first-order valence-corrected chi connectivity index (χ1v) is 3.86. The first-order chi connectivity index (χ1) is 3.81. The maximum Gasteiger partial charge on any atom is 0.0724 e. The van der Waals surface area contributed by atoms with Gasteiger partial charge in [-0.25, -0.2) is 0 Å². The largest absolute Gasteiger partial charge is 0.808 e. The zero-order valence-electron chi connectivity index (χ0n) is 4.83. The molecule has 0 saturated carbocycles. The average molecular weight is 137 g/mol. The van der Waals surface area contributed by atoms with Gasteiger partial charge >= 0.3 is 0 Å². The normalized spacial score (nSPS) is 13.9. The van der Waals surface area contributed by atoms with Crippen LogP contribution in [0.5, 0.6) is 0 Å². The molecule has 0 aliphatic carbocycles. The van der Waals surface area contributed by atoms with Gasteiger partial charge in [0.25, 0.3) is 0 Å². The van der Waals surface area contributed by atoms with Crippen LogP contribution in [0.15, 0.2) is 0 Å². The van der Waals surface area contributed by atoms with Crippen molar-refractivity contribution in [2.45, 2.75) is 6.92 Å². The fourth-order valence-electron chi connectivity index (χ4n) is 0.234. The van der Waals surface area contributed by atoms with Crippen molar-refractivity contribution in [2.24, 2.45) is 0 Å². The van der Waals surface area contributed by atoms with Crippen LogP contribution in [0.3, 0.4) is 0 Å². The van der Waals surface area contributed by atoms with Crippen molar-refractivity contribution < 1.29 is 14.5 Å². The predicted octanol–water partition coefficient (Wildman–Crippen LogP) is -0.313. The quantitative estimate of drug-likeness (QED) is 0.540. The van der Waals surface area contributed by atoms with Gasteiger partial charge in [0.05, 0.1) is 13.2 Å². The Kier molecular flexibility index (Phi) is 5.66. The molecule has 0 aromatic heterocycles. The molecule has 1 unspecified atom stereocenters. The van der Waals surface area contributed by atoms with Gasteiger partial charge in [-0.15, -0.1) is 0 Å². The molecule has 8 heavy (non-hydrogen) atoms. The van der Waals surface area contributed by atoms with E-state index < -0.39 is 8.38 Å². The summed E-state index contributed by atoms with van der Waals surface area (Å²) < 4.78 is 4.60. The molecule has 0 aliphatic heterocycles. The van der Waals surface area contributed by atoms with Crippen LogP contribution in [0.2, 0.25) is 0 Å². The van der Waals surface area contributed by atoms with Gasteiger partial charge < -0.3 is 14.5 Å². The van der Waals surface area contributed by atoms with Crippen LogP contribution in [0, 0.1) is 0 Å². The van der Waals surface area contributed by atoms with Crippen LogP contribution < -0.4 is 4.89 Å². The summed E-state index contributed by atoms with van der Waals surface area (Å²) in [6, 6.07) is 0. The molecule has 0 saturated heterocycles. The lowest BCUT2D eigenvalue weighted by molar-refractivity contribution is -0.180. The van der Waals surface area contributed by atoms with Gasteiger partial charge in [-0.2, -0.15) is 0 Å². The van der Waals surface area contributed by atoms with Crippen molar-refractivity contribution in [2.75, 3.05) is 19.4 Å². The molecule has 0 aromatic carbocycles. The van der Waals surface area contributed by atoms with E-state index in [-0.39, 0.29) is 13.2 Å². The summed E-state index contributed by atoms with van der Waals surface area (Å²) in [6.07, 6.45) is 0.523. The fourth-order valence-corrected chi connectivity index (χ4v) is 0.702. The topological polar surface area (TPSA) is 52.5 Å². The van der Waals surface area contributed by atoms with E-state index in [2.05, 4.69) is 4.52 Å². The Morgan fingerprint density at radius 3 is 2.75 bits per heavy atom. The standard InChI is InChI=1S/C4H10O3P/c1-2-8(6)7-4-3-5/h5H,2-4H2,1H3/q-1. The Morgan fingerprint density at radius 1 is 1.75 bits per heavy atom. The third-order valence-corrected chi connectivity index (χ3v) is 1.57. The van der Waals surface area contributed by atoms with Crippen molar-refractivity contribution in [3.8, 4) is 0 Å². The molecule has 3 nitrogen and oxygen atoms in total. The lowest BCUT2D eigenvalue weighted by Crippen LogP contribution is -2.04. The summed E-state index contributed by atoms with van der Waals surface area (Å²) in [4.78, 5) is 10.4. The maximum atomic E-state index is 10.4. The third kappa shape index (κ3) is 4.47. The van der Waals surface area contributed by atoms with Crippen molar-refractivity contribution in [1.29, 1.82) is 0 Å². The first kappa shape index (κ1) is 8.31. The van der Waals surface area contributed by atoms with Crippen LogP contribution >= 0.6 is 8.38 Å². The zero-order chi connectivity index (χ0) is 6.41. The van der Waals surface area contributed by atoms with Crippen molar-refractivity contribution in [1.82, 2.24) is 0 Å². The Balaban J connectivity index is 2.86. The molecular weight excluding hydrogens is 127 g/mol. The molecule has 0 amide bonds. The smallest absolute Gasteiger partial charge is 0.0724 e. The van der Waals surface area contributed by atoms with Gasteiger partial charge in [0, 0.05) is 0 Å². The molecule has 0 bridgehead atoms. The minimum absolute atomic E-state index is 0.0545. The molecule has 0 rings (SSSR count). The number of aliphatic hydroxyl groups excluding tert-OH is 1. The van der Waals surface area contributed by atoms with Crippen molar-refractivity contribution in [3.63, 3.8) is 0 Å². The SMILES string of the molecule is CCP([O-])OCCO. The summed E-state index contributed by atoms with van der Waals surface area (Å²) in [6.45, 7) is 1.90. The van der Waals surface area contributed by atoms with Gasteiger partial charge in [-0.05, 0) is 6.16 Å². The van der Waals surface area contributed by atoms with Crippen LogP contribution in [0.25, 0.3) is 0 Å². The van der Waals surface area contributed by atoms with Gasteiger partial charge in [0.2, 0.25) is 0 Å². The molecule has 0 spiro atoms. The Bertz CT molecular complexity index is 50.5. The second-order valence-corrected chi connectivity index (χ2v) is 2.76. The molecule has 1 N–H and O–H groups in total. The second-order valence-electron chi connectivity index (χ2n) is 1.21. The molecule has 4 heteroatoms. The van der Waals surface area contributed by atoms with Gasteiger partial charge in [-0.1, -0.05) is 15.3 Å². The maximum absolute atomic E-state index is 10.4. The Hall–Kier alpha value is 0.310. The first-order valence-electron chi connectivity index (χ1n) is 2.49. The number of hydrogen-bond donors (Lipinski definition) is 1. The number of hydrogen-bond acceptors (Lipinski definition) is 3. The number of aliphatic hydroxyl groups is 1. The van der Waals surface area contributed by atoms with Crippen LogP contribution in [0.4, 0.5) is 0 Å². The van der Waals surface area contributed by atoms with Crippen LogP contribution in [-0.2, 0) is 4.52 Å². The molecule has 0 aliphatic rings. The van der Waals surface area contributed by atoms with E-state index in [0.29, 0.717) is 6.16 Å². The number of rotatable bonds is 4. The van der Waals surface area contributed by atoms with Gasteiger partial charge in [-0.3, -0.25) is 0 Å². The lowest BCUT2D eigenvalue weighted by atomic mass is 10.8. The second kappa shape index (κ2) is 5.45. The van der Waals surface area contributed by atoms with Crippen LogP contribution in [0.1, 0.15) is 6.92 Å². The molecule has 50 valence electrons.